The van der Waals surface area contributed by atoms with Crippen molar-refractivity contribution in [2.45, 2.75) is 25.3 Å². The van der Waals surface area contributed by atoms with E-state index in [0.717, 1.165) is 0 Å². The maximum absolute atomic E-state index is 11.4. The first kappa shape index (κ1) is 7.82. The summed E-state index contributed by atoms with van der Waals surface area (Å²) in [6.45, 7) is 3.38. The lowest BCUT2D eigenvalue weighted by molar-refractivity contribution is 0.128. The van der Waals surface area contributed by atoms with Gasteiger partial charge in [-0.2, -0.15) is 0 Å². The third-order valence-electron chi connectivity index (χ3n) is 0.852. The predicted molar refractivity (Wildman–Crippen MR) is 28.6 cm³/mol. The fourth-order valence-corrected chi connectivity index (χ4v) is 0.347. The minimum atomic E-state index is -2.29. The van der Waals surface area contributed by atoms with Crippen LogP contribution in [0.2, 0.25) is 0 Å². The minimum Gasteiger partial charge on any atom is -0.327 e. The van der Waals surface area contributed by atoms with Crippen molar-refractivity contribution < 1.29 is 8.78 Å². The van der Waals surface area contributed by atoms with Crippen molar-refractivity contribution in [2.75, 3.05) is 0 Å². The summed E-state index contributed by atoms with van der Waals surface area (Å²) in [6.07, 6.45) is -2.14. The molecular weight excluding hydrogens is 112 g/mol. The highest BCUT2D eigenvalue weighted by molar-refractivity contribution is 4.62. The van der Waals surface area contributed by atoms with E-state index >= 15 is 0 Å². The fraction of sp³-hybridized carbons (Fsp3) is 0.800. The Morgan fingerprint density at radius 1 is 1.50 bits per heavy atom. The number of hydrogen-bond donors (Lipinski definition) is 1. The van der Waals surface area contributed by atoms with Crippen LogP contribution in [-0.2, 0) is 0 Å². The molecule has 8 heavy (non-hydrogen) atoms. The van der Waals surface area contributed by atoms with Crippen LogP contribution < -0.4 is 5.73 Å². The molecule has 0 spiro atoms. The molecular formula is C5H10F2N. The summed E-state index contributed by atoms with van der Waals surface area (Å²) in [5, 5.41) is 0. The molecule has 3 heteroatoms. The van der Waals surface area contributed by atoms with Gasteiger partial charge in [0.15, 0.2) is 0 Å². The topological polar surface area (TPSA) is 26.0 Å². The minimum absolute atomic E-state index is 0.233. The van der Waals surface area contributed by atoms with Crippen LogP contribution in [0.5, 0.6) is 0 Å². The smallest absolute Gasteiger partial charge is 0.240 e. The molecule has 0 rings (SSSR count). The Hall–Kier alpha value is -0.180. The molecule has 0 aliphatic rings. The van der Waals surface area contributed by atoms with Gasteiger partial charge in [-0.05, 0) is 6.42 Å². The molecule has 0 bridgehead atoms. The number of nitrogens with two attached hydrogens (primary N) is 1. The zero-order valence-electron chi connectivity index (χ0n) is 4.61. The van der Waals surface area contributed by atoms with E-state index in [4.69, 9.17) is 5.73 Å². The van der Waals surface area contributed by atoms with Crippen LogP contribution in [0.25, 0.3) is 0 Å². The van der Waals surface area contributed by atoms with E-state index < -0.39 is 12.5 Å². The molecule has 0 aromatic heterocycles. The zero-order chi connectivity index (χ0) is 6.57. The molecule has 1 unspecified atom stereocenters. The summed E-state index contributed by atoms with van der Waals surface area (Å²) < 4.78 is 22.7. The lowest BCUT2D eigenvalue weighted by Crippen LogP contribution is -2.21. The highest BCUT2D eigenvalue weighted by Gasteiger charge is 2.07. The van der Waals surface area contributed by atoms with E-state index in [-0.39, 0.29) is 6.42 Å². The summed E-state index contributed by atoms with van der Waals surface area (Å²) in [6, 6.07) is -0.435. The quantitative estimate of drug-likeness (QED) is 0.597. The second kappa shape index (κ2) is 3.78. The van der Waals surface area contributed by atoms with Crippen molar-refractivity contribution in [2.24, 2.45) is 5.73 Å². The van der Waals surface area contributed by atoms with Gasteiger partial charge in [0.2, 0.25) is 6.43 Å². The Labute approximate surface area is 47.9 Å². The van der Waals surface area contributed by atoms with Gasteiger partial charge in [0.05, 0.1) is 0 Å². The van der Waals surface area contributed by atoms with Gasteiger partial charge in [0.25, 0.3) is 0 Å². The molecule has 0 saturated carbocycles. The van der Waals surface area contributed by atoms with E-state index in [1.807, 2.05) is 0 Å². The molecule has 0 aliphatic carbocycles. The van der Waals surface area contributed by atoms with Crippen molar-refractivity contribution in [1.82, 2.24) is 0 Å². The zero-order valence-corrected chi connectivity index (χ0v) is 4.61. The fourth-order valence-electron chi connectivity index (χ4n) is 0.347. The van der Waals surface area contributed by atoms with E-state index in [0.29, 0.717) is 6.42 Å². The van der Waals surface area contributed by atoms with Crippen molar-refractivity contribution in [3.63, 3.8) is 0 Å². The van der Waals surface area contributed by atoms with Gasteiger partial charge in [0, 0.05) is 12.5 Å². The second-order valence-electron chi connectivity index (χ2n) is 1.68. The van der Waals surface area contributed by atoms with Crippen molar-refractivity contribution in [3.8, 4) is 0 Å². The van der Waals surface area contributed by atoms with Crippen LogP contribution in [0, 0.1) is 6.92 Å². The first-order valence-corrected chi connectivity index (χ1v) is 2.49. The SMILES string of the molecule is [CH2]CC(N)CC(F)F. The molecule has 0 aromatic rings. The lowest BCUT2D eigenvalue weighted by atomic mass is 10.2. The van der Waals surface area contributed by atoms with Gasteiger partial charge < -0.3 is 5.73 Å². The number of rotatable bonds is 3. The largest absolute Gasteiger partial charge is 0.327 e. The van der Waals surface area contributed by atoms with Crippen LogP contribution in [0.4, 0.5) is 8.78 Å². The van der Waals surface area contributed by atoms with Gasteiger partial charge in [-0.25, -0.2) is 8.78 Å². The molecule has 1 atom stereocenters. The molecule has 1 nitrogen and oxygen atoms in total. The molecule has 0 saturated heterocycles. The molecule has 1 radical (unpaired) electrons. The average molecular weight is 122 g/mol. The Morgan fingerprint density at radius 3 is 2.12 bits per heavy atom. The van der Waals surface area contributed by atoms with Crippen molar-refractivity contribution >= 4 is 0 Å². The second-order valence-corrected chi connectivity index (χ2v) is 1.68. The first-order valence-electron chi connectivity index (χ1n) is 2.49. The predicted octanol–water partition coefficient (Wildman–Crippen LogP) is 1.19. The first-order chi connectivity index (χ1) is 3.66. The Balaban J connectivity index is 3.10. The molecule has 0 amide bonds. The van der Waals surface area contributed by atoms with Crippen LogP contribution in [0.15, 0.2) is 0 Å². The highest BCUT2D eigenvalue weighted by Crippen LogP contribution is 2.03. The van der Waals surface area contributed by atoms with Crippen LogP contribution in [0.3, 0.4) is 0 Å². The monoisotopic (exact) mass is 122 g/mol. The molecule has 0 heterocycles. The molecule has 0 aliphatic heterocycles. The molecule has 49 valence electrons. The molecule has 2 N–H and O–H groups in total. The number of halogens is 2. The molecule has 0 fully saturated rings. The maximum Gasteiger partial charge on any atom is 0.240 e. The summed E-state index contributed by atoms with van der Waals surface area (Å²) in [5.74, 6) is 0. The maximum atomic E-state index is 11.4. The third kappa shape index (κ3) is 3.99. The van der Waals surface area contributed by atoms with Crippen LogP contribution in [-0.4, -0.2) is 12.5 Å². The van der Waals surface area contributed by atoms with Gasteiger partial charge in [-0.1, -0.05) is 6.92 Å². The van der Waals surface area contributed by atoms with Crippen molar-refractivity contribution in [3.05, 3.63) is 6.92 Å². The third-order valence-corrected chi connectivity index (χ3v) is 0.852. The van der Waals surface area contributed by atoms with E-state index in [9.17, 15) is 8.78 Å². The van der Waals surface area contributed by atoms with Crippen LogP contribution in [0.1, 0.15) is 12.8 Å². The van der Waals surface area contributed by atoms with E-state index in [2.05, 4.69) is 6.92 Å². The normalized spacial score (nSPS) is 14.6. The van der Waals surface area contributed by atoms with Crippen LogP contribution >= 0.6 is 0 Å². The summed E-state index contributed by atoms with van der Waals surface area (Å²) in [4.78, 5) is 0. The summed E-state index contributed by atoms with van der Waals surface area (Å²) >= 11 is 0. The van der Waals surface area contributed by atoms with E-state index in [1.165, 1.54) is 0 Å². The van der Waals surface area contributed by atoms with Gasteiger partial charge in [-0.15, -0.1) is 0 Å². The number of hydrogen-bond acceptors (Lipinski definition) is 1. The Bertz CT molecular complexity index is 56.4. The van der Waals surface area contributed by atoms with Crippen molar-refractivity contribution in [1.29, 1.82) is 0 Å². The Kier molecular flexibility index (Phi) is 3.69. The number of alkyl halides is 2. The average Bonchev–Trinajstić information content (AvgIpc) is 1.65. The van der Waals surface area contributed by atoms with Gasteiger partial charge in [0.1, 0.15) is 0 Å². The van der Waals surface area contributed by atoms with E-state index in [1.54, 1.807) is 0 Å². The Morgan fingerprint density at radius 2 is 2.00 bits per heavy atom. The lowest BCUT2D eigenvalue weighted by Gasteiger charge is -2.05. The molecule has 0 aromatic carbocycles. The van der Waals surface area contributed by atoms with Gasteiger partial charge >= 0.3 is 0 Å². The summed E-state index contributed by atoms with van der Waals surface area (Å²) in [5.41, 5.74) is 5.13. The van der Waals surface area contributed by atoms with Gasteiger partial charge in [-0.3, -0.25) is 0 Å². The highest BCUT2D eigenvalue weighted by atomic mass is 19.3. The summed E-state index contributed by atoms with van der Waals surface area (Å²) in [7, 11) is 0. The standard InChI is InChI=1S/C5H10F2N/c1-2-4(8)3-5(6)7/h4-5H,1-3,8H2.